The molecule has 0 saturated heterocycles. The maximum absolute atomic E-state index is 6.39. The number of nitrogens with two attached hydrogens (primary N) is 1. The minimum absolute atomic E-state index is 0.153. The molecule has 0 heterocycles. The molecule has 0 aromatic carbocycles. The number of hydrogen-bond donors (Lipinski definition) is 1. The lowest BCUT2D eigenvalue weighted by Gasteiger charge is -2.46. The lowest BCUT2D eigenvalue weighted by molar-refractivity contribution is 0.832. The smallest absolute Gasteiger partial charge is 0.0630 e. The van der Waals surface area contributed by atoms with E-state index in [1.807, 2.05) is 0 Å². The molecule has 0 aliphatic heterocycles. The minimum atomic E-state index is -1.18. The van der Waals surface area contributed by atoms with Gasteiger partial charge in [0.25, 0.3) is 0 Å². The van der Waals surface area contributed by atoms with Crippen molar-refractivity contribution in [2.45, 2.75) is 51.0 Å². The fourth-order valence-electron chi connectivity index (χ4n) is 1.12. The van der Waals surface area contributed by atoms with Gasteiger partial charge in [0.1, 0.15) is 0 Å². The van der Waals surface area contributed by atoms with Crippen LogP contribution >= 0.6 is 0 Å². The first kappa shape index (κ1) is 11.4. The third kappa shape index (κ3) is 2.16. The summed E-state index contributed by atoms with van der Waals surface area (Å²) in [6.45, 7) is 16.5. The van der Waals surface area contributed by atoms with Crippen molar-refractivity contribution in [3.05, 3.63) is 0 Å². The van der Waals surface area contributed by atoms with Crippen LogP contribution in [0.15, 0.2) is 0 Å². The average Bonchev–Trinajstić information content (AvgIpc) is 1.58. The Morgan fingerprint density at radius 3 is 1.00 bits per heavy atom. The van der Waals surface area contributed by atoms with Crippen LogP contribution in [-0.4, -0.2) is 20.9 Å². The van der Waals surface area contributed by atoms with Gasteiger partial charge in [0.2, 0.25) is 0 Å². The molecule has 1 nitrogen and oxygen atoms in total. The first-order valence-corrected chi connectivity index (χ1v) is 11.3. The first-order valence-electron chi connectivity index (χ1n) is 4.29. The summed E-state index contributed by atoms with van der Waals surface area (Å²) in [6.07, 6.45) is 0. The first-order chi connectivity index (χ1) is 4.50. The van der Waals surface area contributed by atoms with Gasteiger partial charge in [-0.05, 0) is 4.79 Å². The van der Waals surface area contributed by atoms with Crippen molar-refractivity contribution in [3.63, 3.8) is 0 Å². The largest absolute Gasteiger partial charge is 0.330 e. The maximum Gasteiger partial charge on any atom is 0.0630 e. The fraction of sp³-hybridized carbons (Fsp3) is 1.00. The van der Waals surface area contributed by atoms with E-state index < -0.39 is 16.1 Å². The molecule has 0 saturated carbocycles. The maximum atomic E-state index is 6.39. The molecule has 0 radical (unpaired) electrons. The Kier molecular flexibility index (Phi) is 2.81. The van der Waals surface area contributed by atoms with Crippen molar-refractivity contribution < 1.29 is 0 Å². The van der Waals surface area contributed by atoms with E-state index in [9.17, 15) is 0 Å². The van der Waals surface area contributed by atoms with E-state index in [1.54, 1.807) is 0 Å². The van der Waals surface area contributed by atoms with E-state index in [0.29, 0.717) is 0 Å². The quantitative estimate of drug-likeness (QED) is 0.664. The van der Waals surface area contributed by atoms with Gasteiger partial charge in [0.15, 0.2) is 0 Å². The van der Waals surface area contributed by atoms with Gasteiger partial charge < -0.3 is 5.73 Å². The van der Waals surface area contributed by atoms with Crippen molar-refractivity contribution in [1.82, 2.24) is 0 Å². The molecule has 0 aliphatic carbocycles. The van der Waals surface area contributed by atoms with Crippen LogP contribution in [0.3, 0.4) is 0 Å². The lowest BCUT2D eigenvalue weighted by Crippen LogP contribution is -2.70. The highest BCUT2D eigenvalue weighted by atomic mass is 28.4. The molecule has 11 heavy (non-hydrogen) atoms. The Labute approximate surface area is 73.4 Å². The normalized spacial score (nSPS) is 15.3. The summed E-state index contributed by atoms with van der Waals surface area (Å²) in [5, 5.41) is 0. The Morgan fingerprint density at radius 2 is 1.00 bits per heavy atom. The molecule has 0 amide bonds. The van der Waals surface area contributed by atoms with Crippen molar-refractivity contribution in [2.24, 2.45) is 5.73 Å². The molecule has 68 valence electrons. The van der Waals surface area contributed by atoms with Crippen LogP contribution in [0.5, 0.6) is 0 Å². The molecular weight excluding hydrogens is 166 g/mol. The van der Waals surface area contributed by atoms with Gasteiger partial charge >= 0.3 is 0 Å². The highest BCUT2D eigenvalue weighted by Gasteiger charge is 2.45. The van der Waals surface area contributed by atoms with Gasteiger partial charge in [0, 0.05) is 0 Å². The molecule has 0 aromatic heterocycles. The van der Waals surface area contributed by atoms with E-state index in [-0.39, 0.29) is 4.79 Å². The van der Waals surface area contributed by atoms with E-state index in [1.165, 1.54) is 0 Å². The van der Waals surface area contributed by atoms with Crippen molar-refractivity contribution in [3.8, 4) is 0 Å². The summed E-state index contributed by atoms with van der Waals surface area (Å²) < 4.78 is 0. The zero-order chi connectivity index (χ0) is 9.50. The topological polar surface area (TPSA) is 26.0 Å². The number of hydrogen-bond acceptors (Lipinski definition) is 1. The van der Waals surface area contributed by atoms with Crippen LogP contribution in [-0.2, 0) is 0 Å². The van der Waals surface area contributed by atoms with Gasteiger partial charge in [-0.25, -0.2) is 0 Å². The molecule has 0 fully saturated rings. The van der Waals surface area contributed by atoms with Crippen molar-refractivity contribution in [2.75, 3.05) is 0 Å². The monoisotopic (exact) mass is 189 g/mol. The highest BCUT2D eigenvalue weighted by molar-refractivity contribution is 6.98. The van der Waals surface area contributed by atoms with Crippen LogP contribution in [0.1, 0.15) is 6.92 Å². The predicted octanol–water partition coefficient (Wildman–Crippen LogP) is 2.46. The van der Waals surface area contributed by atoms with Crippen LogP contribution in [0.2, 0.25) is 39.3 Å². The summed E-state index contributed by atoms with van der Waals surface area (Å²) in [6, 6.07) is 0. The third-order valence-electron chi connectivity index (χ3n) is 3.12. The predicted molar refractivity (Wildman–Crippen MR) is 59.3 cm³/mol. The zero-order valence-corrected chi connectivity index (χ0v) is 11.1. The zero-order valence-electron chi connectivity index (χ0n) is 9.08. The van der Waals surface area contributed by atoms with Gasteiger partial charge in [-0.1, -0.05) is 46.2 Å². The molecule has 0 rings (SSSR count). The standard InChI is InChI=1S/C8H23NSi2/c1-8(9,10(2,3)4)11(5,6)7/h9H2,1-7H3. The molecular formula is C8H23NSi2. The minimum Gasteiger partial charge on any atom is -0.330 e. The Balaban J connectivity index is 4.75. The van der Waals surface area contributed by atoms with Crippen molar-refractivity contribution >= 4 is 16.1 Å². The molecule has 2 N–H and O–H groups in total. The van der Waals surface area contributed by atoms with Crippen LogP contribution in [0.25, 0.3) is 0 Å². The Morgan fingerprint density at radius 1 is 0.818 bits per heavy atom. The lowest BCUT2D eigenvalue weighted by atomic mass is 10.8. The van der Waals surface area contributed by atoms with E-state index in [0.717, 1.165) is 0 Å². The summed E-state index contributed by atoms with van der Waals surface area (Å²) in [5.74, 6) is 0. The van der Waals surface area contributed by atoms with E-state index >= 15 is 0 Å². The second kappa shape index (κ2) is 2.71. The van der Waals surface area contributed by atoms with E-state index in [4.69, 9.17) is 5.73 Å². The second-order valence-corrected chi connectivity index (χ2v) is 17.3. The summed E-state index contributed by atoms with van der Waals surface area (Å²) in [4.78, 5) is 0.153. The molecule has 0 aromatic rings. The SMILES string of the molecule is CC(N)([Si](C)(C)C)[Si](C)(C)C. The van der Waals surface area contributed by atoms with Gasteiger partial charge in [-0.2, -0.15) is 0 Å². The molecule has 0 unspecified atom stereocenters. The highest BCUT2D eigenvalue weighted by Crippen LogP contribution is 2.27. The molecule has 3 heteroatoms. The van der Waals surface area contributed by atoms with Crippen molar-refractivity contribution in [1.29, 1.82) is 0 Å². The van der Waals surface area contributed by atoms with Gasteiger partial charge in [-0.3, -0.25) is 0 Å². The molecule has 0 atom stereocenters. The van der Waals surface area contributed by atoms with E-state index in [2.05, 4.69) is 46.2 Å². The summed E-state index contributed by atoms with van der Waals surface area (Å²) >= 11 is 0. The fourth-order valence-corrected chi connectivity index (χ4v) is 10.1. The van der Waals surface area contributed by atoms with Gasteiger partial charge in [-0.15, -0.1) is 0 Å². The molecule has 0 bridgehead atoms. The van der Waals surface area contributed by atoms with Crippen LogP contribution in [0.4, 0.5) is 0 Å². The molecule has 0 aliphatic rings. The number of rotatable bonds is 2. The third-order valence-corrected chi connectivity index (χ3v) is 13.8. The van der Waals surface area contributed by atoms with Gasteiger partial charge in [0.05, 0.1) is 16.1 Å². The Bertz CT molecular complexity index is 123. The molecule has 0 spiro atoms. The Hall–Kier alpha value is 0.394. The summed E-state index contributed by atoms with van der Waals surface area (Å²) in [5.41, 5.74) is 6.39. The second-order valence-electron chi connectivity index (χ2n) is 5.70. The average molecular weight is 189 g/mol. The summed E-state index contributed by atoms with van der Waals surface area (Å²) in [7, 11) is -2.36. The van der Waals surface area contributed by atoms with Crippen LogP contribution in [0, 0.1) is 0 Å². The van der Waals surface area contributed by atoms with Crippen LogP contribution < -0.4 is 5.73 Å².